The molecule has 0 unspecified atom stereocenters. The average molecular weight is 262 g/mol. The van der Waals surface area contributed by atoms with Crippen LogP contribution in [0.5, 0.6) is 0 Å². The second-order valence-electron chi connectivity index (χ2n) is 1.92. The molecule has 2 aromatic carbocycles. The maximum Gasteiger partial charge on any atom is 0 e. The molecule has 13 heavy (non-hydrogen) atoms. The van der Waals surface area contributed by atoms with Crippen molar-refractivity contribution in [2.75, 3.05) is 0 Å². The van der Waals surface area contributed by atoms with E-state index >= 15 is 0 Å². The summed E-state index contributed by atoms with van der Waals surface area (Å²) in [7, 11) is 0. The minimum absolute atomic E-state index is 0. The van der Waals surface area contributed by atoms with Crippen LogP contribution in [0.3, 0.4) is 0 Å². The molecule has 0 radical (unpaired) electrons. The molecule has 0 amide bonds. The molecule has 0 bridgehead atoms. The van der Waals surface area contributed by atoms with Crippen LogP contribution in [-0.2, 0) is 16.5 Å². The Morgan fingerprint density at radius 2 is 0.923 bits per heavy atom. The summed E-state index contributed by atoms with van der Waals surface area (Å²) in [4.78, 5) is 0. The molecule has 0 atom stereocenters. The summed E-state index contributed by atoms with van der Waals surface area (Å²) in [6.07, 6.45) is 0. The summed E-state index contributed by atoms with van der Waals surface area (Å²) in [6, 6.07) is 20.0. The van der Waals surface area contributed by atoms with E-state index in [0.717, 1.165) is 0 Å². The fourth-order valence-corrected chi connectivity index (χ4v) is 0.642. The van der Waals surface area contributed by atoms with Gasteiger partial charge in [-0.05, 0) is 0 Å². The van der Waals surface area contributed by atoms with E-state index in [-0.39, 0.29) is 41.3 Å². The van der Waals surface area contributed by atoms with Crippen LogP contribution in [0, 0.1) is 0 Å². The van der Waals surface area contributed by atoms with Crippen molar-refractivity contribution in [1.29, 1.82) is 0 Å². The topological polar surface area (TPSA) is 0 Å². The minimum atomic E-state index is 0. The molecule has 2 rings (SSSR count). The first-order chi connectivity index (χ1) is 5.00. The summed E-state index contributed by atoms with van der Waals surface area (Å²) in [6.45, 7) is 0. The van der Waals surface area contributed by atoms with Gasteiger partial charge in [-0.15, -0.1) is 24.8 Å². The molecule has 0 aromatic heterocycles. The fourth-order valence-electron chi connectivity index (χ4n) is 0.642. The van der Waals surface area contributed by atoms with Crippen molar-refractivity contribution in [3.63, 3.8) is 0 Å². The Bertz CT molecular complexity index is 152. The zero-order valence-corrected chi connectivity index (χ0v) is 9.53. The maximum atomic E-state index is 2.00. The van der Waals surface area contributed by atoms with Crippen LogP contribution in [-0.4, -0.2) is 0 Å². The van der Waals surface area contributed by atoms with Crippen molar-refractivity contribution in [1.82, 2.24) is 0 Å². The van der Waals surface area contributed by atoms with Crippen molar-refractivity contribution in [3.8, 4) is 0 Å². The van der Waals surface area contributed by atoms with Crippen molar-refractivity contribution < 1.29 is 16.5 Å². The van der Waals surface area contributed by atoms with Crippen molar-refractivity contribution in [2.24, 2.45) is 0 Å². The first-order valence-corrected chi connectivity index (χ1v) is 3.33. The van der Waals surface area contributed by atoms with Gasteiger partial charge < -0.3 is 30.3 Å². The van der Waals surface area contributed by atoms with Crippen LogP contribution in [0.4, 0.5) is 0 Å². The number of hydrogen-bond acceptors (Lipinski definition) is 0. The Kier molecular flexibility index (Phi) is 20.4. The van der Waals surface area contributed by atoms with E-state index < -0.39 is 0 Å². The molecular formula is C10H12Cl2Ni-6. The second kappa shape index (κ2) is 14.3. The van der Waals surface area contributed by atoms with Gasteiger partial charge in [0.15, 0.2) is 0 Å². The van der Waals surface area contributed by atoms with Gasteiger partial charge in [-0.25, -0.2) is 12.1 Å². The second-order valence-corrected chi connectivity index (χ2v) is 1.92. The molecule has 82 valence electrons. The molecular weight excluding hydrogens is 250 g/mol. The summed E-state index contributed by atoms with van der Waals surface area (Å²) in [5, 5.41) is 0. The molecule has 0 aliphatic rings. The van der Waals surface area contributed by atoms with E-state index in [1.807, 2.05) is 60.7 Å². The van der Waals surface area contributed by atoms with Crippen LogP contribution >= 0.6 is 24.8 Å². The van der Waals surface area contributed by atoms with Gasteiger partial charge in [0.2, 0.25) is 0 Å². The van der Waals surface area contributed by atoms with Crippen molar-refractivity contribution in [3.05, 3.63) is 60.7 Å². The Morgan fingerprint density at radius 1 is 0.615 bits per heavy atom. The summed E-state index contributed by atoms with van der Waals surface area (Å²) in [5.41, 5.74) is 0. The third kappa shape index (κ3) is 11.8. The predicted octanol–water partition coefficient (Wildman–Crippen LogP) is 3.65. The van der Waals surface area contributed by atoms with Gasteiger partial charge >= 0.3 is 0 Å². The first-order valence-electron chi connectivity index (χ1n) is 3.33. The van der Waals surface area contributed by atoms with E-state index in [9.17, 15) is 0 Å². The number of halogens is 2. The molecule has 2 aromatic rings. The van der Waals surface area contributed by atoms with E-state index in [0.29, 0.717) is 0 Å². The zero-order chi connectivity index (χ0) is 7.07. The normalized spacial score (nSPS) is 6.15. The van der Waals surface area contributed by atoms with Gasteiger partial charge in [0.05, 0.1) is 0 Å². The Hall–Kier alpha value is -0.226. The van der Waals surface area contributed by atoms with E-state index in [1.54, 1.807) is 0 Å². The van der Waals surface area contributed by atoms with Gasteiger partial charge in [-0.1, -0.05) is 0 Å². The van der Waals surface area contributed by atoms with Gasteiger partial charge in [0.25, 0.3) is 0 Å². The molecule has 3 heteroatoms. The van der Waals surface area contributed by atoms with Gasteiger partial charge in [0, 0.05) is 16.5 Å². The molecule has 0 heterocycles. The zero-order valence-electron chi connectivity index (χ0n) is 6.91. The molecule has 0 N–H and O–H groups in total. The third-order valence-corrected chi connectivity index (χ3v) is 1.11. The molecule has 0 aliphatic carbocycles. The summed E-state index contributed by atoms with van der Waals surface area (Å²) >= 11 is 0. The van der Waals surface area contributed by atoms with Crippen molar-refractivity contribution >= 4 is 24.8 Å². The van der Waals surface area contributed by atoms with Crippen LogP contribution in [0.2, 0.25) is 0 Å². The number of rotatable bonds is 0. The largest absolute Gasteiger partial charge is 0.748 e. The Morgan fingerprint density at radius 3 is 1.08 bits per heavy atom. The van der Waals surface area contributed by atoms with Crippen LogP contribution in [0.25, 0.3) is 0 Å². The smallest absolute Gasteiger partial charge is 0 e. The van der Waals surface area contributed by atoms with E-state index in [1.165, 1.54) is 0 Å². The van der Waals surface area contributed by atoms with Crippen molar-refractivity contribution in [2.45, 2.75) is 0 Å². The monoisotopic (exact) mass is 260 g/mol. The minimum Gasteiger partial charge on any atom is -0.748 e. The molecule has 0 saturated carbocycles. The van der Waals surface area contributed by atoms with Crippen LogP contribution in [0.15, 0.2) is 60.7 Å². The molecule has 0 aliphatic heterocycles. The molecule has 0 saturated heterocycles. The average Bonchev–Trinajstić information content (AvgIpc) is 2.67. The summed E-state index contributed by atoms with van der Waals surface area (Å²) < 4.78 is 0. The van der Waals surface area contributed by atoms with Gasteiger partial charge in [0.1, 0.15) is 0 Å². The number of hydrogen-bond donors (Lipinski definition) is 0. The Labute approximate surface area is 102 Å². The van der Waals surface area contributed by atoms with Crippen LogP contribution < -0.4 is 0 Å². The first kappa shape index (κ1) is 18.5. The molecule has 0 spiro atoms. The third-order valence-electron chi connectivity index (χ3n) is 1.11. The quantitative estimate of drug-likeness (QED) is 0.502. The predicted molar refractivity (Wildman–Crippen MR) is 58.6 cm³/mol. The Balaban J connectivity index is -0.000000125. The van der Waals surface area contributed by atoms with E-state index in [2.05, 4.69) is 0 Å². The SMILES string of the molecule is Cl.Cl.[Ni].[cH-]1[cH-][cH-][cH-][cH-]1.c1cc[cH-]c1. The molecule has 0 nitrogen and oxygen atoms in total. The molecule has 0 fully saturated rings. The fraction of sp³-hybridized carbons (Fsp3) is 0. The van der Waals surface area contributed by atoms with Gasteiger partial charge in [-0.3, -0.25) is 0 Å². The standard InChI is InChI=1S/2C5H5.2ClH.Ni/c2*1-2-4-5-3-1;;;/h2*1-5H;2*1H;/q-5;-1;;;. The van der Waals surface area contributed by atoms with Gasteiger partial charge in [-0.2, -0.15) is 18.2 Å². The maximum absolute atomic E-state index is 2.00. The van der Waals surface area contributed by atoms with Crippen LogP contribution in [0.1, 0.15) is 0 Å². The summed E-state index contributed by atoms with van der Waals surface area (Å²) in [5.74, 6) is 0. The van der Waals surface area contributed by atoms with E-state index in [4.69, 9.17) is 0 Å².